The normalized spacial score (nSPS) is 10.5. The minimum atomic E-state index is -0.613. The number of carbonyl (C=O) groups excluding carboxylic acids is 2. The van der Waals surface area contributed by atoms with E-state index in [4.69, 9.17) is 16.3 Å². The number of carbonyl (C=O) groups is 2. The number of nitrogens with zero attached hydrogens (tertiary/aromatic N) is 2. The first kappa shape index (κ1) is 16.9. The number of rotatable bonds is 4. The molecule has 126 valence electrons. The van der Waals surface area contributed by atoms with Crippen molar-refractivity contribution in [1.82, 2.24) is 9.97 Å². The second-order valence-electron chi connectivity index (χ2n) is 5.37. The van der Waals surface area contributed by atoms with Crippen LogP contribution in [0.5, 0.6) is 0 Å². The van der Waals surface area contributed by atoms with Crippen LogP contribution in [0.15, 0.2) is 48.8 Å². The summed E-state index contributed by atoms with van der Waals surface area (Å²) in [5.74, 6) is -1.09. The molecule has 1 aromatic heterocycles. The number of anilines is 1. The summed E-state index contributed by atoms with van der Waals surface area (Å²) >= 11 is 6.05. The van der Waals surface area contributed by atoms with Gasteiger partial charge in [-0.2, -0.15) is 0 Å². The molecule has 0 unspecified atom stereocenters. The monoisotopic (exact) mass is 355 g/mol. The van der Waals surface area contributed by atoms with E-state index in [1.807, 2.05) is 13.0 Å². The summed E-state index contributed by atoms with van der Waals surface area (Å²) in [5, 5.41) is 3.03. The van der Waals surface area contributed by atoms with E-state index in [-0.39, 0.29) is 0 Å². The number of amides is 1. The van der Waals surface area contributed by atoms with Gasteiger partial charge in [-0.1, -0.05) is 17.7 Å². The summed E-state index contributed by atoms with van der Waals surface area (Å²) in [4.78, 5) is 32.3. The fourth-order valence-electron chi connectivity index (χ4n) is 2.21. The van der Waals surface area contributed by atoms with Crippen LogP contribution in [0.25, 0.3) is 11.0 Å². The molecule has 1 N–H and O–H groups in total. The number of hydrogen-bond donors (Lipinski definition) is 1. The molecule has 6 nitrogen and oxygen atoms in total. The highest BCUT2D eigenvalue weighted by Gasteiger charge is 2.12. The zero-order valence-electron chi connectivity index (χ0n) is 13.3. The van der Waals surface area contributed by atoms with Crippen LogP contribution >= 0.6 is 11.6 Å². The van der Waals surface area contributed by atoms with Crippen molar-refractivity contribution in [1.29, 1.82) is 0 Å². The van der Waals surface area contributed by atoms with Gasteiger partial charge in [0.15, 0.2) is 6.61 Å². The molecule has 3 rings (SSSR count). The molecular formula is C18H14ClN3O3. The smallest absolute Gasteiger partial charge is 0.338 e. The van der Waals surface area contributed by atoms with E-state index >= 15 is 0 Å². The van der Waals surface area contributed by atoms with Gasteiger partial charge in [-0.15, -0.1) is 0 Å². The lowest BCUT2D eigenvalue weighted by atomic mass is 10.2. The maximum absolute atomic E-state index is 12.1. The summed E-state index contributed by atoms with van der Waals surface area (Å²) in [7, 11) is 0. The molecule has 25 heavy (non-hydrogen) atoms. The van der Waals surface area contributed by atoms with Crippen LogP contribution in [0.3, 0.4) is 0 Å². The molecule has 0 aliphatic heterocycles. The molecule has 0 aliphatic carbocycles. The average molecular weight is 356 g/mol. The number of ether oxygens (including phenoxy) is 1. The van der Waals surface area contributed by atoms with Gasteiger partial charge in [0.2, 0.25) is 0 Å². The largest absolute Gasteiger partial charge is 0.452 e. The Morgan fingerprint density at radius 1 is 1.08 bits per heavy atom. The van der Waals surface area contributed by atoms with Crippen LogP contribution in [-0.2, 0) is 9.53 Å². The summed E-state index contributed by atoms with van der Waals surface area (Å²) in [6, 6.07) is 10.1. The van der Waals surface area contributed by atoms with Crippen molar-refractivity contribution >= 4 is 40.2 Å². The number of aryl methyl sites for hydroxylation is 1. The molecule has 0 atom stereocenters. The topological polar surface area (TPSA) is 81.2 Å². The molecule has 0 saturated heterocycles. The SMILES string of the molecule is Cc1ccc(NC(=O)COC(=O)c2ccc3nccnc3c2)c(Cl)c1. The van der Waals surface area contributed by atoms with E-state index in [0.29, 0.717) is 27.3 Å². The third kappa shape index (κ3) is 4.10. The van der Waals surface area contributed by atoms with Crippen LogP contribution in [0, 0.1) is 6.92 Å². The van der Waals surface area contributed by atoms with Gasteiger partial charge in [-0.25, -0.2) is 4.79 Å². The predicted octanol–water partition coefficient (Wildman–Crippen LogP) is 3.39. The Morgan fingerprint density at radius 2 is 1.84 bits per heavy atom. The van der Waals surface area contributed by atoms with Crippen molar-refractivity contribution in [3.63, 3.8) is 0 Å². The number of halogens is 1. The van der Waals surface area contributed by atoms with Crippen molar-refractivity contribution in [2.45, 2.75) is 6.92 Å². The maximum atomic E-state index is 12.1. The fraction of sp³-hybridized carbons (Fsp3) is 0.111. The summed E-state index contributed by atoms with van der Waals surface area (Å²) < 4.78 is 5.03. The molecule has 0 saturated carbocycles. The molecule has 3 aromatic rings. The number of benzene rings is 2. The van der Waals surface area contributed by atoms with Crippen LogP contribution in [0.1, 0.15) is 15.9 Å². The fourth-order valence-corrected chi connectivity index (χ4v) is 2.49. The highest BCUT2D eigenvalue weighted by molar-refractivity contribution is 6.33. The minimum Gasteiger partial charge on any atom is -0.452 e. The first-order valence-electron chi connectivity index (χ1n) is 7.47. The van der Waals surface area contributed by atoms with Crippen molar-refractivity contribution in [2.75, 3.05) is 11.9 Å². The van der Waals surface area contributed by atoms with E-state index in [2.05, 4.69) is 15.3 Å². The van der Waals surface area contributed by atoms with Gasteiger partial charge in [-0.05, 0) is 42.8 Å². The Hall–Kier alpha value is -2.99. The molecule has 0 fully saturated rings. The molecule has 1 heterocycles. The lowest BCUT2D eigenvalue weighted by molar-refractivity contribution is -0.119. The highest BCUT2D eigenvalue weighted by atomic mass is 35.5. The number of fused-ring (bicyclic) bond motifs is 1. The number of aromatic nitrogens is 2. The molecule has 0 spiro atoms. The lowest BCUT2D eigenvalue weighted by Crippen LogP contribution is -2.21. The third-order valence-corrected chi connectivity index (χ3v) is 3.75. The first-order chi connectivity index (χ1) is 12.0. The van der Waals surface area contributed by atoms with Gasteiger partial charge in [-0.3, -0.25) is 14.8 Å². The van der Waals surface area contributed by atoms with Crippen molar-refractivity contribution in [3.8, 4) is 0 Å². The maximum Gasteiger partial charge on any atom is 0.338 e. The number of hydrogen-bond acceptors (Lipinski definition) is 5. The Bertz CT molecular complexity index is 959. The Morgan fingerprint density at radius 3 is 2.60 bits per heavy atom. The van der Waals surface area contributed by atoms with Crippen LogP contribution in [-0.4, -0.2) is 28.5 Å². The predicted molar refractivity (Wildman–Crippen MR) is 94.6 cm³/mol. The van der Waals surface area contributed by atoms with Crippen LogP contribution < -0.4 is 5.32 Å². The minimum absolute atomic E-state index is 0.300. The number of esters is 1. The van der Waals surface area contributed by atoms with E-state index in [0.717, 1.165) is 5.56 Å². The molecule has 1 amide bonds. The Labute approximate surface area is 148 Å². The Kier molecular flexibility index (Phi) is 4.90. The van der Waals surface area contributed by atoms with Gasteiger partial charge < -0.3 is 10.1 Å². The molecule has 0 radical (unpaired) electrons. The van der Waals surface area contributed by atoms with Crippen molar-refractivity contribution < 1.29 is 14.3 Å². The molecule has 0 aliphatic rings. The quantitative estimate of drug-likeness (QED) is 0.725. The van der Waals surface area contributed by atoms with Gasteiger partial charge in [0, 0.05) is 12.4 Å². The zero-order valence-corrected chi connectivity index (χ0v) is 14.1. The van der Waals surface area contributed by atoms with E-state index in [9.17, 15) is 9.59 Å². The highest BCUT2D eigenvalue weighted by Crippen LogP contribution is 2.22. The molecular weight excluding hydrogens is 342 g/mol. The van der Waals surface area contributed by atoms with Gasteiger partial charge in [0.25, 0.3) is 5.91 Å². The van der Waals surface area contributed by atoms with E-state index in [1.165, 1.54) is 6.20 Å². The summed E-state index contributed by atoms with van der Waals surface area (Å²) in [6.07, 6.45) is 3.11. The molecule has 7 heteroatoms. The van der Waals surface area contributed by atoms with Gasteiger partial charge in [0.1, 0.15) is 0 Å². The first-order valence-corrected chi connectivity index (χ1v) is 7.84. The summed E-state index contributed by atoms with van der Waals surface area (Å²) in [5.41, 5.74) is 3.00. The van der Waals surface area contributed by atoms with E-state index < -0.39 is 18.5 Å². The van der Waals surface area contributed by atoms with Gasteiger partial charge in [0.05, 0.1) is 27.3 Å². The standard InChI is InChI=1S/C18H14ClN3O3/c1-11-2-4-14(13(19)8-11)22-17(23)10-25-18(24)12-3-5-15-16(9-12)21-7-6-20-15/h2-9H,10H2,1H3,(H,22,23). The molecule has 2 aromatic carbocycles. The lowest BCUT2D eigenvalue weighted by Gasteiger charge is -2.09. The van der Waals surface area contributed by atoms with E-state index in [1.54, 1.807) is 36.5 Å². The second kappa shape index (κ2) is 7.27. The average Bonchev–Trinajstić information content (AvgIpc) is 2.61. The van der Waals surface area contributed by atoms with Crippen molar-refractivity contribution in [3.05, 3.63) is 64.9 Å². The van der Waals surface area contributed by atoms with Crippen LogP contribution in [0.4, 0.5) is 5.69 Å². The number of nitrogens with one attached hydrogen (secondary N) is 1. The zero-order chi connectivity index (χ0) is 17.8. The summed E-state index contributed by atoms with van der Waals surface area (Å²) in [6.45, 7) is 1.48. The Balaban J connectivity index is 1.61. The van der Waals surface area contributed by atoms with Crippen LogP contribution in [0.2, 0.25) is 5.02 Å². The van der Waals surface area contributed by atoms with Crippen molar-refractivity contribution in [2.24, 2.45) is 0 Å². The third-order valence-electron chi connectivity index (χ3n) is 3.44. The van der Waals surface area contributed by atoms with Gasteiger partial charge >= 0.3 is 5.97 Å². The molecule has 0 bridgehead atoms. The second-order valence-corrected chi connectivity index (χ2v) is 5.77.